The summed E-state index contributed by atoms with van der Waals surface area (Å²) in [7, 11) is 0. The number of benzene rings is 10. The summed E-state index contributed by atoms with van der Waals surface area (Å²) in [5, 5.41) is 4.84. The Morgan fingerprint density at radius 1 is 0.235 bits per heavy atom. The third-order valence-electron chi connectivity index (χ3n) is 13.2. The fraction of sp³-hybridized carbons (Fsp3) is 0. The number of hydrogen-bond acceptors (Lipinski definition) is 3. The summed E-state index contributed by atoms with van der Waals surface area (Å²) < 4.78 is 4.75. The Kier molecular flexibility index (Phi) is 9.43. The van der Waals surface area contributed by atoms with Gasteiger partial charge in [-0.15, -0.1) is 0 Å². The topological polar surface area (TPSA) is 48.5 Å². The van der Waals surface area contributed by atoms with E-state index >= 15 is 0 Å². The van der Waals surface area contributed by atoms with Crippen LogP contribution in [-0.4, -0.2) is 24.1 Å². The molecule has 0 bridgehead atoms. The van der Waals surface area contributed by atoms with Gasteiger partial charge in [-0.3, -0.25) is 0 Å². The lowest BCUT2D eigenvalue weighted by Gasteiger charge is -2.17. The second-order valence-electron chi connectivity index (χ2n) is 17.2. The Labute approximate surface area is 393 Å². The first-order chi connectivity index (χ1) is 33.7. The van der Waals surface area contributed by atoms with Crippen LogP contribution in [0.1, 0.15) is 0 Å². The van der Waals surface area contributed by atoms with Gasteiger partial charge in [0.2, 0.25) is 0 Å². The number of hydrogen-bond donors (Lipinski definition) is 0. The minimum Gasteiger partial charge on any atom is -0.309 e. The van der Waals surface area contributed by atoms with Crippen molar-refractivity contribution in [3.8, 4) is 78.9 Å². The molecule has 5 nitrogen and oxygen atoms in total. The zero-order valence-electron chi connectivity index (χ0n) is 36.9. The molecule has 13 aromatic rings. The highest BCUT2D eigenvalue weighted by molar-refractivity contribution is 6.11. The summed E-state index contributed by atoms with van der Waals surface area (Å²) in [5.41, 5.74) is 16.3. The Balaban J connectivity index is 0.987. The van der Waals surface area contributed by atoms with Crippen molar-refractivity contribution in [1.82, 2.24) is 24.1 Å². The highest BCUT2D eigenvalue weighted by Crippen LogP contribution is 2.40. The predicted molar refractivity (Wildman–Crippen MR) is 281 cm³/mol. The molecule has 0 amide bonds. The monoisotopic (exact) mass is 867 g/mol. The maximum atomic E-state index is 5.33. The van der Waals surface area contributed by atoms with Gasteiger partial charge in [-0.1, -0.05) is 188 Å². The number of rotatable bonds is 8. The summed E-state index contributed by atoms with van der Waals surface area (Å²) in [6, 6.07) is 88.2. The van der Waals surface area contributed by atoms with Crippen molar-refractivity contribution in [3.63, 3.8) is 0 Å². The lowest BCUT2D eigenvalue weighted by atomic mass is 9.97. The Morgan fingerprint density at radius 2 is 0.647 bits per heavy atom. The van der Waals surface area contributed by atoms with E-state index in [-0.39, 0.29) is 0 Å². The smallest absolute Gasteiger partial charge is 0.164 e. The molecule has 10 aromatic carbocycles. The highest BCUT2D eigenvalue weighted by Gasteiger charge is 2.20. The van der Waals surface area contributed by atoms with Crippen LogP contribution >= 0.6 is 0 Å². The van der Waals surface area contributed by atoms with Crippen LogP contribution in [-0.2, 0) is 0 Å². The van der Waals surface area contributed by atoms with Gasteiger partial charge < -0.3 is 9.13 Å². The quantitative estimate of drug-likeness (QED) is 0.153. The third-order valence-corrected chi connectivity index (χ3v) is 13.2. The fourth-order valence-corrected chi connectivity index (χ4v) is 9.95. The maximum absolute atomic E-state index is 5.33. The molecule has 0 spiro atoms. The minimum atomic E-state index is 0.598. The van der Waals surface area contributed by atoms with Crippen LogP contribution in [0.4, 0.5) is 0 Å². The van der Waals surface area contributed by atoms with Crippen molar-refractivity contribution in [3.05, 3.63) is 249 Å². The largest absolute Gasteiger partial charge is 0.309 e. The molecule has 0 saturated heterocycles. The summed E-state index contributed by atoms with van der Waals surface area (Å²) >= 11 is 0. The van der Waals surface area contributed by atoms with Gasteiger partial charge in [-0.2, -0.15) is 0 Å². The van der Waals surface area contributed by atoms with Crippen LogP contribution < -0.4 is 0 Å². The Bertz CT molecular complexity index is 3950. The van der Waals surface area contributed by atoms with Crippen molar-refractivity contribution in [2.75, 3.05) is 0 Å². The Morgan fingerprint density at radius 3 is 1.26 bits per heavy atom. The van der Waals surface area contributed by atoms with Crippen LogP contribution in [0, 0.1) is 0 Å². The van der Waals surface area contributed by atoms with E-state index in [1.807, 2.05) is 18.2 Å². The SMILES string of the molecule is c1ccc(-c2ccc(-c3cc(-c4nc(-c5ccccc5)nc(-c5cccc(-n6c7ccccc7c7cc(-c8ccccc8)ccc76)c5)n4)ccc3-n3c4ccccc4c4ccccc43)cc2)cc1. The molecule has 3 aromatic heterocycles. The number of fused-ring (bicyclic) bond motifs is 6. The molecule has 3 heterocycles. The average Bonchev–Trinajstić information content (AvgIpc) is 3.94. The van der Waals surface area contributed by atoms with Crippen molar-refractivity contribution in [1.29, 1.82) is 0 Å². The summed E-state index contributed by atoms with van der Waals surface area (Å²) in [4.78, 5) is 15.8. The fourth-order valence-electron chi connectivity index (χ4n) is 9.95. The normalized spacial score (nSPS) is 11.5. The molecule has 0 saturated carbocycles. The molecular weight excluding hydrogens is 827 g/mol. The summed E-state index contributed by atoms with van der Waals surface area (Å²) in [6.45, 7) is 0. The molecule has 5 heteroatoms. The van der Waals surface area contributed by atoms with Crippen LogP contribution in [0.3, 0.4) is 0 Å². The molecule has 0 fully saturated rings. The van der Waals surface area contributed by atoms with E-state index in [1.165, 1.54) is 43.8 Å². The molecule has 0 aliphatic rings. The van der Waals surface area contributed by atoms with Crippen molar-refractivity contribution >= 4 is 43.6 Å². The van der Waals surface area contributed by atoms with Crippen LogP contribution in [0.15, 0.2) is 249 Å². The van der Waals surface area contributed by atoms with Crippen LogP contribution in [0.25, 0.3) is 123 Å². The van der Waals surface area contributed by atoms with E-state index in [1.54, 1.807) is 0 Å². The standard InChI is InChI=1S/C63H41N5/c1-4-17-42(18-5-1)44-31-33-45(34-32-44)54-41-49(36-38-59(54)68-57-29-14-10-25-51(57)52-26-11-15-30-58(52)68)63-65-61(46-21-8-3-9-22-46)64-62(66-63)48-23-16-24-50(39-48)67-56-28-13-12-27-53(56)55-40-47(35-37-60(55)67)43-19-6-2-7-20-43/h1-41H. The molecule has 0 radical (unpaired) electrons. The minimum absolute atomic E-state index is 0.598. The molecule has 0 aliphatic carbocycles. The first kappa shape index (κ1) is 39.2. The van der Waals surface area contributed by atoms with Crippen LogP contribution in [0.2, 0.25) is 0 Å². The van der Waals surface area contributed by atoms with Crippen LogP contribution in [0.5, 0.6) is 0 Å². The van der Waals surface area contributed by atoms with Gasteiger partial charge in [0.1, 0.15) is 0 Å². The van der Waals surface area contributed by atoms with E-state index in [0.29, 0.717) is 17.5 Å². The first-order valence-electron chi connectivity index (χ1n) is 23.0. The van der Waals surface area contributed by atoms with Gasteiger partial charge >= 0.3 is 0 Å². The van der Waals surface area contributed by atoms with E-state index in [0.717, 1.165) is 61.3 Å². The van der Waals surface area contributed by atoms with Gasteiger partial charge in [0.15, 0.2) is 17.5 Å². The summed E-state index contributed by atoms with van der Waals surface area (Å²) in [5.74, 6) is 1.81. The van der Waals surface area contributed by atoms with Gasteiger partial charge in [0, 0.05) is 49.5 Å². The first-order valence-corrected chi connectivity index (χ1v) is 23.0. The number of nitrogens with zero attached hydrogens (tertiary/aromatic N) is 5. The van der Waals surface area contributed by atoms with E-state index in [9.17, 15) is 0 Å². The molecular formula is C63H41N5. The zero-order chi connectivity index (χ0) is 45.0. The van der Waals surface area contributed by atoms with Gasteiger partial charge in [0.25, 0.3) is 0 Å². The van der Waals surface area contributed by atoms with Gasteiger partial charge in [0.05, 0.1) is 27.8 Å². The molecule has 13 rings (SSSR count). The summed E-state index contributed by atoms with van der Waals surface area (Å²) in [6.07, 6.45) is 0. The Hall–Kier alpha value is -9.19. The number of aromatic nitrogens is 5. The molecule has 0 N–H and O–H groups in total. The van der Waals surface area contributed by atoms with E-state index in [4.69, 9.17) is 15.0 Å². The lowest BCUT2D eigenvalue weighted by Crippen LogP contribution is -2.02. The molecule has 68 heavy (non-hydrogen) atoms. The lowest BCUT2D eigenvalue weighted by molar-refractivity contribution is 1.07. The van der Waals surface area contributed by atoms with Crippen molar-refractivity contribution < 1.29 is 0 Å². The van der Waals surface area contributed by atoms with Crippen molar-refractivity contribution in [2.24, 2.45) is 0 Å². The molecule has 0 aliphatic heterocycles. The molecule has 318 valence electrons. The van der Waals surface area contributed by atoms with Gasteiger partial charge in [-0.05, 0) is 88.5 Å². The zero-order valence-corrected chi connectivity index (χ0v) is 36.9. The molecule has 0 atom stereocenters. The maximum Gasteiger partial charge on any atom is 0.164 e. The third kappa shape index (κ3) is 6.76. The van der Waals surface area contributed by atoms with E-state index < -0.39 is 0 Å². The highest BCUT2D eigenvalue weighted by atomic mass is 15.0. The number of para-hydroxylation sites is 3. The second-order valence-corrected chi connectivity index (χ2v) is 17.2. The van der Waals surface area contributed by atoms with Gasteiger partial charge in [-0.25, -0.2) is 15.0 Å². The second kappa shape index (κ2) is 16.4. The predicted octanol–water partition coefficient (Wildman–Crippen LogP) is 16.1. The molecule has 0 unspecified atom stereocenters. The van der Waals surface area contributed by atoms with Crippen molar-refractivity contribution in [2.45, 2.75) is 0 Å². The van der Waals surface area contributed by atoms with E-state index in [2.05, 4.69) is 240 Å². The average molecular weight is 868 g/mol.